The minimum absolute atomic E-state index is 0.373. The summed E-state index contributed by atoms with van der Waals surface area (Å²) in [5, 5.41) is 0.741. The number of hydrogen-bond donors (Lipinski definition) is 0. The Morgan fingerprint density at radius 3 is 2.04 bits per heavy atom. The quantitative estimate of drug-likeness (QED) is 0.701. The van der Waals surface area contributed by atoms with E-state index in [9.17, 15) is 0 Å². The number of rotatable bonds is 7. The average molecular weight is 337 g/mol. The molecule has 0 aliphatic heterocycles. The van der Waals surface area contributed by atoms with Gasteiger partial charge in [0.1, 0.15) is 19.0 Å². The Kier molecular flexibility index (Phi) is 5.99. The first kappa shape index (κ1) is 17.3. The number of halogens is 1. The molecule has 0 atom stereocenters. The second-order valence-electron chi connectivity index (χ2n) is 5.06. The summed E-state index contributed by atoms with van der Waals surface area (Å²) in [5.74, 6) is 2.64. The Bertz CT molecular complexity index is 648. The molecule has 2 aromatic rings. The van der Waals surface area contributed by atoms with Crippen molar-refractivity contribution in [1.82, 2.24) is 0 Å². The largest absolute Gasteiger partial charge is 0.493 e. The molecule has 2 aromatic carbocycles. The van der Waals surface area contributed by atoms with Crippen LogP contribution in [0.1, 0.15) is 11.1 Å². The Morgan fingerprint density at radius 1 is 0.826 bits per heavy atom. The first-order chi connectivity index (χ1) is 11.1. The molecule has 4 nitrogen and oxygen atoms in total. The molecule has 0 aromatic heterocycles. The molecule has 0 radical (unpaired) electrons. The van der Waals surface area contributed by atoms with Crippen molar-refractivity contribution in [2.24, 2.45) is 0 Å². The Morgan fingerprint density at radius 2 is 1.43 bits per heavy atom. The molecule has 124 valence electrons. The van der Waals surface area contributed by atoms with Gasteiger partial charge < -0.3 is 18.9 Å². The van der Waals surface area contributed by atoms with Crippen LogP contribution in [0.25, 0.3) is 0 Å². The molecule has 23 heavy (non-hydrogen) atoms. The molecule has 0 aliphatic rings. The maximum absolute atomic E-state index is 6.09. The lowest BCUT2D eigenvalue weighted by Crippen LogP contribution is -2.11. The fraction of sp³-hybridized carbons (Fsp3) is 0.333. The number of hydrogen-bond acceptors (Lipinski definition) is 4. The molecule has 5 heteroatoms. The van der Waals surface area contributed by atoms with Gasteiger partial charge in [-0.3, -0.25) is 0 Å². The van der Waals surface area contributed by atoms with E-state index in [-0.39, 0.29) is 0 Å². The van der Waals surface area contributed by atoms with Gasteiger partial charge in [-0.25, -0.2) is 0 Å². The maximum atomic E-state index is 6.09. The van der Waals surface area contributed by atoms with Crippen molar-refractivity contribution in [3.63, 3.8) is 0 Å². The molecular weight excluding hydrogens is 316 g/mol. The summed E-state index contributed by atoms with van der Waals surface area (Å²) >= 11 is 6.09. The van der Waals surface area contributed by atoms with Gasteiger partial charge >= 0.3 is 0 Å². The molecule has 0 aliphatic carbocycles. The topological polar surface area (TPSA) is 36.9 Å². The third-order valence-corrected chi connectivity index (χ3v) is 3.83. The second-order valence-corrected chi connectivity index (χ2v) is 5.46. The third kappa shape index (κ3) is 4.23. The van der Waals surface area contributed by atoms with Gasteiger partial charge in [0.2, 0.25) is 5.75 Å². The van der Waals surface area contributed by atoms with E-state index in [0.29, 0.717) is 30.5 Å². The summed E-state index contributed by atoms with van der Waals surface area (Å²) in [7, 11) is 3.19. The van der Waals surface area contributed by atoms with E-state index >= 15 is 0 Å². The Balaban J connectivity index is 1.97. The minimum atomic E-state index is 0.373. The summed E-state index contributed by atoms with van der Waals surface area (Å²) < 4.78 is 22.1. The standard InChI is InChI=1S/C18H21ClO4/c1-12-11-17(13(2)10-14(12)19)22-8-9-23-18-15(20-3)6-5-7-16(18)21-4/h5-7,10-11H,8-9H2,1-4H3. The van der Waals surface area contributed by atoms with Gasteiger partial charge in [0.15, 0.2) is 11.5 Å². The third-order valence-electron chi connectivity index (χ3n) is 3.43. The van der Waals surface area contributed by atoms with Crippen LogP contribution in [0.5, 0.6) is 23.0 Å². The average Bonchev–Trinajstić information content (AvgIpc) is 2.55. The molecule has 0 saturated carbocycles. The summed E-state index contributed by atoms with van der Waals surface area (Å²) in [6.07, 6.45) is 0. The molecule has 0 heterocycles. The lowest BCUT2D eigenvalue weighted by atomic mass is 10.1. The molecule has 0 spiro atoms. The van der Waals surface area contributed by atoms with E-state index in [1.807, 2.05) is 44.2 Å². The van der Waals surface area contributed by atoms with Crippen molar-refractivity contribution in [2.45, 2.75) is 13.8 Å². The van der Waals surface area contributed by atoms with E-state index in [0.717, 1.165) is 21.9 Å². The highest BCUT2D eigenvalue weighted by Crippen LogP contribution is 2.36. The Hall–Kier alpha value is -2.07. The molecule has 0 amide bonds. The van der Waals surface area contributed by atoms with Crippen LogP contribution >= 0.6 is 11.6 Å². The highest BCUT2D eigenvalue weighted by molar-refractivity contribution is 6.31. The SMILES string of the molecule is COc1cccc(OC)c1OCCOc1cc(C)c(Cl)cc1C. The van der Waals surface area contributed by atoms with Crippen LogP contribution in [-0.4, -0.2) is 27.4 Å². The van der Waals surface area contributed by atoms with Crippen LogP contribution in [0.4, 0.5) is 0 Å². The molecule has 2 rings (SSSR count). The van der Waals surface area contributed by atoms with Gasteiger partial charge in [-0.15, -0.1) is 0 Å². The lowest BCUT2D eigenvalue weighted by molar-refractivity contribution is 0.204. The molecule has 0 unspecified atom stereocenters. The lowest BCUT2D eigenvalue weighted by Gasteiger charge is -2.15. The van der Waals surface area contributed by atoms with Crippen molar-refractivity contribution in [1.29, 1.82) is 0 Å². The van der Waals surface area contributed by atoms with Crippen molar-refractivity contribution in [2.75, 3.05) is 27.4 Å². The molecule has 0 N–H and O–H groups in total. The first-order valence-electron chi connectivity index (χ1n) is 7.30. The van der Waals surface area contributed by atoms with E-state index in [1.54, 1.807) is 14.2 Å². The first-order valence-corrected chi connectivity index (χ1v) is 7.68. The highest BCUT2D eigenvalue weighted by atomic mass is 35.5. The summed E-state index contributed by atoms with van der Waals surface area (Å²) in [6, 6.07) is 9.33. The fourth-order valence-electron chi connectivity index (χ4n) is 2.16. The summed E-state index contributed by atoms with van der Waals surface area (Å²) in [4.78, 5) is 0. The smallest absolute Gasteiger partial charge is 0.203 e. The van der Waals surface area contributed by atoms with Gasteiger partial charge in [-0.1, -0.05) is 17.7 Å². The second kappa shape index (κ2) is 7.97. The van der Waals surface area contributed by atoms with Crippen molar-refractivity contribution in [3.05, 3.63) is 46.5 Å². The number of ether oxygens (including phenoxy) is 4. The minimum Gasteiger partial charge on any atom is -0.493 e. The zero-order chi connectivity index (χ0) is 16.8. The van der Waals surface area contributed by atoms with Crippen LogP contribution in [0, 0.1) is 13.8 Å². The van der Waals surface area contributed by atoms with Crippen LogP contribution in [-0.2, 0) is 0 Å². The molecular formula is C18H21ClO4. The monoisotopic (exact) mass is 336 g/mol. The van der Waals surface area contributed by atoms with Crippen LogP contribution in [0.15, 0.2) is 30.3 Å². The van der Waals surface area contributed by atoms with E-state index in [2.05, 4.69) is 0 Å². The van der Waals surface area contributed by atoms with Gasteiger partial charge in [-0.2, -0.15) is 0 Å². The summed E-state index contributed by atoms with van der Waals surface area (Å²) in [6.45, 7) is 4.69. The number of aryl methyl sites for hydroxylation is 2. The molecule has 0 saturated heterocycles. The van der Waals surface area contributed by atoms with Crippen LogP contribution in [0.3, 0.4) is 0 Å². The van der Waals surface area contributed by atoms with Gasteiger partial charge in [0, 0.05) is 5.02 Å². The number of methoxy groups -OCH3 is 2. The van der Waals surface area contributed by atoms with Gasteiger partial charge in [0.25, 0.3) is 0 Å². The zero-order valence-electron chi connectivity index (χ0n) is 13.8. The van der Waals surface area contributed by atoms with Crippen LogP contribution in [0.2, 0.25) is 5.02 Å². The van der Waals surface area contributed by atoms with Crippen LogP contribution < -0.4 is 18.9 Å². The zero-order valence-corrected chi connectivity index (χ0v) is 14.6. The fourth-order valence-corrected chi connectivity index (χ4v) is 2.38. The predicted molar refractivity (Wildman–Crippen MR) is 91.5 cm³/mol. The van der Waals surface area contributed by atoms with E-state index in [1.165, 1.54) is 0 Å². The number of para-hydroxylation sites is 1. The summed E-state index contributed by atoms with van der Waals surface area (Å²) in [5.41, 5.74) is 1.98. The Labute approximate surface area is 141 Å². The van der Waals surface area contributed by atoms with E-state index < -0.39 is 0 Å². The molecule has 0 fully saturated rings. The predicted octanol–water partition coefficient (Wildman–Crippen LogP) is 4.43. The van der Waals surface area contributed by atoms with Crippen molar-refractivity contribution in [3.8, 4) is 23.0 Å². The van der Waals surface area contributed by atoms with Gasteiger partial charge in [-0.05, 0) is 49.2 Å². The van der Waals surface area contributed by atoms with Gasteiger partial charge in [0.05, 0.1) is 14.2 Å². The molecule has 0 bridgehead atoms. The van der Waals surface area contributed by atoms with Crippen molar-refractivity contribution >= 4 is 11.6 Å². The maximum Gasteiger partial charge on any atom is 0.203 e. The highest BCUT2D eigenvalue weighted by Gasteiger charge is 2.11. The number of benzene rings is 2. The van der Waals surface area contributed by atoms with Crippen molar-refractivity contribution < 1.29 is 18.9 Å². The van der Waals surface area contributed by atoms with E-state index in [4.69, 9.17) is 30.5 Å². The normalized spacial score (nSPS) is 10.3.